The Morgan fingerprint density at radius 3 is 2.50 bits per heavy atom. The number of thiazole rings is 1. The third kappa shape index (κ3) is 3.50. The lowest BCUT2D eigenvalue weighted by atomic mass is 10.2. The molecule has 2 amide bonds. The Morgan fingerprint density at radius 2 is 1.88 bits per heavy atom. The SMILES string of the molecule is NC(=O)NNc1nc(-c2ccc(S(=O)(=O)N3CCCC3)cc2)cs1. The Kier molecular flexibility index (Phi) is 4.69. The monoisotopic (exact) mass is 367 g/mol. The van der Waals surface area contributed by atoms with E-state index in [0.29, 0.717) is 23.9 Å². The molecule has 1 aromatic carbocycles. The maximum absolute atomic E-state index is 12.5. The van der Waals surface area contributed by atoms with Crippen LogP contribution in [0.15, 0.2) is 34.5 Å². The molecule has 0 unspecified atom stereocenters. The van der Waals surface area contributed by atoms with Crippen molar-refractivity contribution < 1.29 is 13.2 Å². The molecule has 0 saturated carbocycles. The first-order chi connectivity index (χ1) is 11.5. The lowest BCUT2D eigenvalue weighted by Crippen LogP contribution is -2.34. The van der Waals surface area contributed by atoms with Crippen LogP contribution in [0, 0.1) is 0 Å². The van der Waals surface area contributed by atoms with E-state index in [1.807, 2.05) is 0 Å². The van der Waals surface area contributed by atoms with Crippen LogP contribution in [0.1, 0.15) is 12.8 Å². The van der Waals surface area contributed by atoms with E-state index in [-0.39, 0.29) is 4.90 Å². The number of benzene rings is 1. The van der Waals surface area contributed by atoms with Crippen molar-refractivity contribution in [2.45, 2.75) is 17.7 Å². The number of carbonyl (C=O) groups excluding carboxylic acids is 1. The predicted molar refractivity (Wildman–Crippen MR) is 91.9 cm³/mol. The number of nitrogens with one attached hydrogen (secondary N) is 2. The molecule has 2 heterocycles. The molecule has 1 fully saturated rings. The van der Waals surface area contributed by atoms with Crippen molar-refractivity contribution in [3.05, 3.63) is 29.6 Å². The van der Waals surface area contributed by atoms with Crippen molar-refractivity contribution in [1.82, 2.24) is 14.7 Å². The normalized spacial score (nSPS) is 15.3. The number of amides is 2. The zero-order valence-corrected chi connectivity index (χ0v) is 14.4. The van der Waals surface area contributed by atoms with Crippen LogP contribution in [0.5, 0.6) is 0 Å². The quantitative estimate of drug-likeness (QED) is 0.694. The van der Waals surface area contributed by atoms with Gasteiger partial charge in [0, 0.05) is 24.0 Å². The van der Waals surface area contributed by atoms with Crippen LogP contribution in [0.2, 0.25) is 0 Å². The van der Waals surface area contributed by atoms with Gasteiger partial charge in [0.2, 0.25) is 15.2 Å². The van der Waals surface area contributed by atoms with Gasteiger partial charge in [-0.2, -0.15) is 4.31 Å². The van der Waals surface area contributed by atoms with Crippen LogP contribution in [0.25, 0.3) is 11.3 Å². The molecule has 1 aliphatic heterocycles. The summed E-state index contributed by atoms with van der Waals surface area (Å²) >= 11 is 1.30. The number of aromatic nitrogens is 1. The molecule has 10 heteroatoms. The van der Waals surface area contributed by atoms with Gasteiger partial charge in [-0.1, -0.05) is 12.1 Å². The van der Waals surface area contributed by atoms with Gasteiger partial charge in [-0.3, -0.25) is 5.43 Å². The fourth-order valence-electron chi connectivity index (χ4n) is 2.45. The maximum Gasteiger partial charge on any atom is 0.330 e. The average molecular weight is 367 g/mol. The van der Waals surface area contributed by atoms with Gasteiger partial charge in [-0.15, -0.1) is 11.3 Å². The summed E-state index contributed by atoms with van der Waals surface area (Å²) < 4.78 is 26.5. The molecule has 0 atom stereocenters. The Bertz CT molecular complexity index is 826. The molecule has 1 aliphatic rings. The van der Waals surface area contributed by atoms with E-state index in [1.54, 1.807) is 29.6 Å². The largest absolute Gasteiger partial charge is 0.350 e. The number of sulfonamides is 1. The van der Waals surface area contributed by atoms with Gasteiger partial charge in [0.25, 0.3) is 0 Å². The number of hydrogen-bond acceptors (Lipinski definition) is 6. The Hall–Kier alpha value is -2.17. The summed E-state index contributed by atoms with van der Waals surface area (Å²) in [6, 6.07) is 5.93. The highest BCUT2D eigenvalue weighted by Crippen LogP contribution is 2.27. The summed E-state index contributed by atoms with van der Waals surface area (Å²) in [7, 11) is -3.41. The first-order valence-corrected chi connectivity index (χ1v) is 9.66. The molecule has 4 N–H and O–H groups in total. The molecule has 128 valence electrons. The first kappa shape index (κ1) is 16.7. The number of urea groups is 1. The van der Waals surface area contributed by atoms with E-state index in [1.165, 1.54) is 15.6 Å². The third-order valence-electron chi connectivity index (χ3n) is 3.65. The standard InChI is InChI=1S/C14H17N5O3S2/c15-13(20)17-18-14-16-12(9-23-14)10-3-5-11(6-4-10)24(21,22)19-7-1-2-8-19/h3-6,9H,1-2,7-8H2,(H,16,18)(H3,15,17,20). The van der Waals surface area contributed by atoms with Crippen LogP contribution >= 0.6 is 11.3 Å². The molecular formula is C14H17N5O3S2. The molecule has 3 rings (SSSR count). The third-order valence-corrected chi connectivity index (χ3v) is 6.32. The summed E-state index contributed by atoms with van der Waals surface area (Å²) in [5.41, 5.74) is 11.3. The molecule has 24 heavy (non-hydrogen) atoms. The van der Waals surface area contributed by atoms with E-state index in [4.69, 9.17) is 5.73 Å². The van der Waals surface area contributed by atoms with Gasteiger partial charge >= 0.3 is 6.03 Å². The summed E-state index contributed by atoms with van der Waals surface area (Å²) in [5, 5.41) is 2.28. The zero-order chi connectivity index (χ0) is 17.2. The minimum absolute atomic E-state index is 0.289. The smallest absolute Gasteiger partial charge is 0.330 e. The molecule has 0 bridgehead atoms. The molecule has 2 aromatic rings. The first-order valence-electron chi connectivity index (χ1n) is 7.34. The second-order valence-electron chi connectivity index (χ2n) is 5.29. The Balaban J connectivity index is 1.76. The number of hydrazine groups is 1. The number of primary amides is 1. The summed E-state index contributed by atoms with van der Waals surface area (Å²) in [6.07, 6.45) is 1.82. The van der Waals surface area contributed by atoms with Crippen LogP contribution in [0.4, 0.5) is 9.93 Å². The maximum atomic E-state index is 12.5. The second-order valence-corrected chi connectivity index (χ2v) is 8.08. The second kappa shape index (κ2) is 6.75. The van der Waals surface area contributed by atoms with Gasteiger partial charge in [0.15, 0.2) is 0 Å². The Labute approximate surface area is 143 Å². The predicted octanol–water partition coefficient (Wildman–Crippen LogP) is 1.59. The van der Waals surface area contributed by atoms with E-state index in [2.05, 4.69) is 15.8 Å². The van der Waals surface area contributed by atoms with Crippen LogP contribution in [0.3, 0.4) is 0 Å². The number of nitrogens with zero attached hydrogens (tertiary/aromatic N) is 2. The highest BCUT2D eigenvalue weighted by atomic mass is 32.2. The fraction of sp³-hybridized carbons (Fsp3) is 0.286. The number of hydrogen-bond donors (Lipinski definition) is 3. The highest BCUT2D eigenvalue weighted by molar-refractivity contribution is 7.89. The van der Waals surface area contributed by atoms with Gasteiger partial charge < -0.3 is 5.73 Å². The van der Waals surface area contributed by atoms with Crippen molar-refractivity contribution in [3.63, 3.8) is 0 Å². The van der Waals surface area contributed by atoms with E-state index < -0.39 is 16.1 Å². The summed E-state index contributed by atoms with van der Waals surface area (Å²) in [6.45, 7) is 1.16. The minimum Gasteiger partial charge on any atom is -0.350 e. The van der Waals surface area contributed by atoms with Crippen LogP contribution in [-0.4, -0.2) is 36.8 Å². The zero-order valence-electron chi connectivity index (χ0n) is 12.7. The number of anilines is 1. The van der Waals surface area contributed by atoms with Crippen molar-refractivity contribution in [2.75, 3.05) is 18.5 Å². The lowest BCUT2D eigenvalue weighted by Gasteiger charge is -2.15. The van der Waals surface area contributed by atoms with Crippen LogP contribution in [-0.2, 0) is 10.0 Å². The summed E-state index contributed by atoms with van der Waals surface area (Å²) in [5.74, 6) is 0. The molecular weight excluding hydrogens is 350 g/mol. The van der Waals surface area contributed by atoms with E-state index >= 15 is 0 Å². The summed E-state index contributed by atoms with van der Waals surface area (Å²) in [4.78, 5) is 15.2. The molecule has 8 nitrogen and oxygen atoms in total. The van der Waals surface area contributed by atoms with Gasteiger partial charge in [-0.25, -0.2) is 23.6 Å². The molecule has 0 aliphatic carbocycles. The highest BCUT2D eigenvalue weighted by Gasteiger charge is 2.26. The van der Waals surface area contributed by atoms with Crippen molar-refractivity contribution >= 4 is 32.5 Å². The molecule has 0 spiro atoms. The van der Waals surface area contributed by atoms with Gasteiger partial charge in [0.1, 0.15) is 0 Å². The van der Waals surface area contributed by atoms with Crippen LogP contribution < -0.4 is 16.6 Å². The topological polar surface area (TPSA) is 117 Å². The van der Waals surface area contributed by atoms with Gasteiger partial charge in [-0.05, 0) is 25.0 Å². The molecule has 1 saturated heterocycles. The minimum atomic E-state index is -3.41. The van der Waals surface area contributed by atoms with Crippen molar-refractivity contribution in [2.24, 2.45) is 5.73 Å². The number of carbonyl (C=O) groups is 1. The van der Waals surface area contributed by atoms with E-state index in [0.717, 1.165) is 18.4 Å². The molecule has 1 aromatic heterocycles. The van der Waals surface area contributed by atoms with Gasteiger partial charge in [0.05, 0.1) is 10.6 Å². The number of rotatable bonds is 5. The fourth-order valence-corrected chi connectivity index (χ4v) is 4.64. The molecule has 0 radical (unpaired) electrons. The van der Waals surface area contributed by atoms with Crippen molar-refractivity contribution in [1.29, 1.82) is 0 Å². The average Bonchev–Trinajstić information content (AvgIpc) is 3.25. The lowest BCUT2D eigenvalue weighted by molar-refractivity contribution is 0.250. The van der Waals surface area contributed by atoms with Crippen molar-refractivity contribution in [3.8, 4) is 11.3 Å². The Morgan fingerprint density at radius 1 is 1.21 bits per heavy atom. The van der Waals surface area contributed by atoms with E-state index in [9.17, 15) is 13.2 Å². The number of nitrogens with two attached hydrogens (primary N) is 1.